The van der Waals surface area contributed by atoms with Gasteiger partial charge in [0.05, 0.1) is 0 Å². The molecule has 0 atom stereocenters. The van der Waals surface area contributed by atoms with Crippen molar-refractivity contribution in [1.29, 1.82) is 0 Å². The molecule has 0 bridgehead atoms. The van der Waals surface area contributed by atoms with Crippen molar-refractivity contribution in [2.75, 3.05) is 39.4 Å². The summed E-state index contributed by atoms with van der Waals surface area (Å²) in [5, 5.41) is 3.28. The Balaban J connectivity index is 2.12. The first kappa shape index (κ1) is 10.9. The zero-order chi connectivity index (χ0) is 10.7. The van der Waals surface area contributed by atoms with Crippen LogP contribution in [0.1, 0.15) is 12.8 Å². The number of carbonyl (C=O) groups is 1. The maximum atomic E-state index is 11.7. The lowest BCUT2D eigenvalue weighted by Gasteiger charge is -2.45. The van der Waals surface area contributed by atoms with Crippen molar-refractivity contribution in [2.45, 2.75) is 18.4 Å². The number of carbonyl (C=O) groups excluding carboxylic acids is 1. The lowest BCUT2D eigenvalue weighted by atomic mass is 9.86. The Morgan fingerprint density at radius 1 is 1.27 bits per heavy atom. The zero-order valence-corrected chi connectivity index (χ0v) is 9.00. The molecule has 15 heavy (non-hydrogen) atoms. The van der Waals surface area contributed by atoms with Gasteiger partial charge in [0.1, 0.15) is 5.54 Å². The van der Waals surface area contributed by atoms with Crippen LogP contribution in [0.2, 0.25) is 0 Å². The summed E-state index contributed by atoms with van der Waals surface area (Å²) in [6, 6.07) is 0. The first-order chi connectivity index (χ1) is 7.26. The molecule has 2 aliphatic rings. The van der Waals surface area contributed by atoms with E-state index in [2.05, 4.69) is 10.2 Å². The second kappa shape index (κ2) is 4.47. The van der Waals surface area contributed by atoms with Crippen molar-refractivity contribution in [1.82, 2.24) is 10.2 Å². The van der Waals surface area contributed by atoms with E-state index in [4.69, 9.17) is 10.5 Å². The van der Waals surface area contributed by atoms with Crippen LogP contribution in [0.25, 0.3) is 0 Å². The SMILES string of the molecule is NC(=O)C1(N2CCNCC2)CCOCC1. The quantitative estimate of drug-likeness (QED) is 0.612. The summed E-state index contributed by atoms with van der Waals surface area (Å²) in [5.41, 5.74) is 5.13. The summed E-state index contributed by atoms with van der Waals surface area (Å²) >= 11 is 0. The predicted octanol–water partition coefficient (Wildman–Crippen LogP) is -1.07. The molecule has 2 aliphatic heterocycles. The van der Waals surface area contributed by atoms with Gasteiger partial charge in [0.2, 0.25) is 5.91 Å². The molecular formula is C10H19N3O2. The number of primary amides is 1. The highest BCUT2D eigenvalue weighted by Crippen LogP contribution is 2.27. The molecule has 2 fully saturated rings. The van der Waals surface area contributed by atoms with Gasteiger partial charge in [-0.15, -0.1) is 0 Å². The van der Waals surface area contributed by atoms with Crippen LogP contribution in [-0.2, 0) is 9.53 Å². The van der Waals surface area contributed by atoms with Gasteiger partial charge in [-0.05, 0) is 12.8 Å². The Morgan fingerprint density at radius 2 is 1.87 bits per heavy atom. The Morgan fingerprint density at radius 3 is 2.40 bits per heavy atom. The molecule has 5 heteroatoms. The summed E-state index contributed by atoms with van der Waals surface area (Å²) < 4.78 is 5.32. The van der Waals surface area contributed by atoms with E-state index in [9.17, 15) is 4.79 Å². The normalized spacial score (nSPS) is 27.5. The number of nitrogens with one attached hydrogen (secondary N) is 1. The van der Waals surface area contributed by atoms with Gasteiger partial charge in [0.15, 0.2) is 0 Å². The lowest BCUT2D eigenvalue weighted by Crippen LogP contribution is -2.64. The average molecular weight is 213 g/mol. The van der Waals surface area contributed by atoms with E-state index < -0.39 is 5.54 Å². The van der Waals surface area contributed by atoms with Gasteiger partial charge in [-0.25, -0.2) is 0 Å². The summed E-state index contributed by atoms with van der Waals surface area (Å²) in [6.07, 6.45) is 1.48. The zero-order valence-electron chi connectivity index (χ0n) is 9.00. The summed E-state index contributed by atoms with van der Waals surface area (Å²) in [7, 11) is 0. The van der Waals surface area contributed by atoms with Gasteiger partial charge < -0.3 is 15.8 Å². The second-order valence-electron chi connectivity index (χ2n) is 4.25. The third-order valence-electron chi connectivity index (χ3n) is 3.50. The monoisotopic (exact) mass is 213 g/mol. The van der Waals surface area contributed by atoms with Crippen LogP contribution in [-0.4, -0.2) is 55.7 Å². The smallest absolute Gasteiger partial charge is 0.238 e. The number of nitrogens with two attached hydrogens (primary N) is 1. The minimum Gasteiger partial charge on any atom is -0.381 e. The Kier molecular flexibility index (Phi) is 3.23. The molecule has 86 valence electrons. The number of amides is 1. The molecule has 0 aliphatic carbocycles. The molecule has 0 unspecified atom stereocenters. The van der Waals surface area contributed by atoms with Gasteiger partial charge >= 0.3 is 0 Å². The molecule has 0 aromatic carbocycles. The van der Waals surface area contributed by atoms with E-state index in [1.165, 1.54) is 0 Å². The molecule has 2 heterocycles. The molecular weight excluding hydrogens is 194 g/mol. The molecule has 2 rings (SSSR count). The van der Waals surface area contributed by atoms with E-state index in [0.717, 1.165) is 39.0 Å². The molecule has 0 spiro atoms. The number of piperazine rings is 1. The van der Waals surface area contributed by atoms with Gasteiger partial charge in [0.25, 0.3) is 0 Å². The van der Waals surface area contributed by atoms with Crippen molar-refractivity contribution in [2.24, 2.45) is 5.73 Å². The topological polar surface area (TPSA) is 67.6 Å². The molecule has 0 aromatic heterocycles. The van der Waals surface area contributed by atoms with Crippen LogP contribution in [0.3, 0.4) is 0 Å². The number of nitrogens with zero attached hydrogens (tertiary/aromatic N) is 1. The molecule has 0 saturated carbocycles. The first-order valence-electron chi connectivity index (χ1n) is 5.59. The highest BCUT2D eigenvalue weighted by Gasteiger charge is 2.43. The molecule has 5 nitrogen and oxygen atoms in total. The van der Waals surface area contributed by atoms with E-state index in [0.29, 0.717) is 13.2 Å². The highest BCUT2D eigenvalue weighted by atomic mass is 16.5. The summed E-state index contributed by atoms with van der Waals surface area (Å²) in [6.45, 7) is 4.98. The lowest BCUT2D eigenvalue weighted by molar-refractivity contribution is -0.138. The van der Waals surface area contributed by atoms with Crippen molar-refractivity contribution >= 4 is 5.91 Å². The number of hydrogen-bond acceptors (Lipinski definition) is 4. The number of hydrogen-bond donors (Lipinski definition) is 2. The molecule has 1 amide bonds. The third-order valence-corrected chi connectivity index (χ3v) is 3.50. The van der Waals surface area contributed by atoms with Crippen molar-refractivity contribution in [3.63, 3.8) is 0 Å². The Hall–Kier alpha value is -0.650. The summed E-state index contributed by atoms with van der Waals surface area (Å²) in [4.78, 5) is 13.9. The van der Waals surface area contributed by atoms with Crippen LogP contribution < -0.4 is 11.1 Å². The fourth-order valence-electron chi connectivity index (χ4n) is 2.52. The van der Waals surface area contributed by atoms with Gasteiger partial charge in [-0.2, -0.15) is 0 Å². The standard InChI is InChI=1S/C10H19N3O2/c11-9(14)10(1-7-15-8-2-10)13-5-3-12-4-6-13/h12H,1-8H2,(H2,11,14). The molecule has 2 saturated heterocycles. The van der Waals surface area contributed by atoms with Crippen LogP contribution in [0.15, 0.2) is 0 Å². The van der Waals surface area contributed by atoms with Crippen molar-refractivity contribution in [3.8, 4) is 0 Å². The summed E-state index contributed by atoms with van der Waals surface area (Å²) in [5.74, 6) is -0.187. The molecule has 0 aromatic rings. The molecule has 0 radical (unpaired) electrons. The predicted molar refractivity (Wildman–Crippen MR) is 56.4 cm³/mol. The third kappa shape index (κ3) is 2.00. The van der Waals surface area contributed by atoms with E-state index in [1.807, 2.05) is 0 Å². The van der Waals surface area contributed by atoms with Gasteiger partial charge in [0, 0.05) is 39.4 Å². The number of ether oxygens (including phenoxy) is 1. The largest absolute Gasteiger partial charge is 0.381 e. The second-order valence-corrected chi connectivity index (χ2v) is 4.25. The average Bonchev–Trinajstić information content (AvgIpc) is 2.31. The molecule has 3 N–H and O–H groups in total. The van der Waals surface area contributed by atoms with E-state index in [-0.39, 0.29) is 5.91 Å². The van der Waals surface area contributed by atoms with Gasteiger partial charge in [-0.3, -0.25) is 9.69 Å². The van der Waals surface area contributed by atoms with Crippen LogP contribution in [0.4, 0.5) is 0 Å². The minimum atomic E-state index is -0.444. The van der Waals surface area contributed by atoms with E-state index >= 15 is 0 Å². The maximum absolute atomic E-state index is 11.7. The van der Waals surface area contributed by atoms with E-state index in [1.54, 1.807) is 0 Å². The Labute approximate surface area is 89.9 Å². The minimum absolute atomic E-state index is 0.187. The van der Waals surface area contributed by atoms with Crippen molar-refractivity contribution in [3.05, 3.63) is 0 Å². The van der Waals surface area contributed by atoms with Crippen LogP contribution >= 0.6 is 0 Å². The maximum Gasteiger partial charge on any atom is 0.238 e. The first-order valence-corrected chi connectivity index (χ1v) is 5.59. The van der Waals surface area contributed by atoms with Crippen LogP contribution in [0, 0.1) is 0 Å². The van der Waals surface area contributed by atoms with Crippen molar-refractivity contribution < 1.29 is 9.53 Å². The highest BCUT2D eigenvalue weighted by molar-refractivity contribution is 5.84. The number of rotatable bonds is 2. The fraction of sp³-hybridized carbons (Fsp3) is 0.900. The van der Waals surface area contributed by atoms with Crippen LogP contribution in [0.5, 0.6) is 0 Å². The fourth-order valence-corrected chi connectivity index (χ4v) is 2.52. The van der Waals surface area contributed by atoms with Gasteiger partial charge in [-0.1, -0.05) is 0 Å². The Bertz CT molecular complexity index is 233.